The van der Waals surface area contributed by atoms with Crippen LogP contribution in [0.2, 0.25) is 0 Å². The molecule has 0 heterocycles. The Kier molecular flexibility index (Phi) is 8.97. The molecule has 1 unspecified atom stereocenters. The summed E-state index contributed by atoms with van der Waals surface area (Å²) in [6, 6.07) is 0. The highest BCUT2D eigenvalue weighted by Gasteiger charge is 2.37. The van der Waals surface area contributed by atoms with E-state index in [0.717, 1.165) is 0 Å². The molecule has 0 aliphatic heterocycles. The standard InChI is InChI=1S/C13H27NO4/c1-11(2)9-13(10-14,12(15)16)5-4-6-18-8-7-17-3/h11H,4-10,14H2,1-3H3,(H,15,16). The van der Waals surface area contributed by atoms with Crippen molar-refractivity contribution in [1.29, 1.82) is 0 Å². The van der Waals surface area contributed by atoms with Crippen molar-refractivity contribution in [3.8, 4) is 0 Å². The molecule has 5 nitrogen and oxygen atoms in total. The second kappa shape index (κ2) is 9.30. The fourth-order valence-electron chi connectivity index (χ4n) is 2.11. The zero-order chi connectivity index (χ0) is 14.0. The number of carboxylic acids is 1. The molecule has 0 saturated carbocycles. The normalized spacial score (nSPS) is 14.7. The van der Waals surface area contributed by atoms with Gasteiger partial charge in [-0.1, -0.05) is 13.8 Å². The van der Waals surface area contributed by atoms with Gasteiger partial charge in [-0.2, -0.15) is 0 Å². The van der Waals surface area contributed by atoms with E-state index in [1.165, 1.54) is 0 Å². The van der Waals surface area contributed by atoms with Gasteiger partial charge < -0.3 is 20.3 Å². The first-order valence-corrected chi connectivity index (χ1v) is 6.48. The number of hydrogen-bond donors (Lipinski definition) is 2. The number of aliphatic carboxylic acids is 1. The molecule has 0 rings (SSSR count). The van der Waals surface area contributed by atoms with E-state index in [4.69, 9.17) is 15.2 Å². The number of hydrogen-bond acceptors (Lipinski definition) is 4. The van der Waals surface area contributed by atoms with Crippen LogP contribution in [0.5, 0.6) is 0 Å². The Labute approximate surface area is 110 Å². The average molecular weight is 261 g/mol. The van der Waals surface area contributed by atoms with Crippen molar-refractivity contribution in [2.45, 2.75) is 33.1 Å². The molecule has 5 heteroatoms. The molecule has 0 aromatic carbocycles. The van der Waals surface area contributed by atoms with Gasteiger partial charge in [0.2, 0.25) is 0 Å². The SMILES string of the molecule is COCCOCCCC(CN)(CC(C)C)C(=O)O. The van der Waals surface area contributed by atoms with E-state index in [-0.39, 0.29) is 6.54 Å². The maximum absolute atomic E-state index is 11.4. The van der Waals surface area contributed by atoms with Crippen molar-refractivity contribution in [3.63, 3.8) is 0 Å². The molecule has 1 atom stereocenters. The number of ether oxygens (including phenoxy) is 2. The molecule has 3 N–H and O–H groups in total. The number of carboxylic acid groups (broad SMARTS) is 1. The summed E-state index contributed by atoms with van der Waals surface area (Å²) in [5.41, 5.74) is 4.87. The molecule has 0 aromatic heterocycles. The molecule has 0 aliphatic carbocycles. The molecule has 0 saturated heterocycles. The summed E-state index contributed by atoms with van der Waals surface area (Å²) >= 11 is 0. The number of rotatable bonds is 11. The first-order chi connectivity index (χ1) is 8.48. The molecule has 0 aliphatic rings. The van der Waals surface area contributed by atoms with Crippen LogP contribution in [0.3, 0.4) is 0 Å². The van der Waals surface area contributed by atoms with Crippen molar-refractivity contribution in [2.75, 3.05) is 33.5 Å². The lowest BCUT2D eigenvalue weighted by molar-refractivity contribution is -0.150. The van der Waals surface area contributed by atoms with Crippen molar-refractivity contribution in [3.05, 3.63) is 0 Å². The van der Waals surface area contributed by atoms with Gasteiger partial charge in [0.05, 0.1) is 18.6 Å². The zero-order valence-electron chi connectivity index (χ0n) is 11.8. The topological polar surface area (TPSA) is 81.8 Å². The van der Waals surface area contributed by atoms with Crippen LogP contribution in [0.15, 0.2) is 0 Å². The zero-order valence-corrected chi connectivity index (χ0v) is 11.8. The van der Waals surface area contributed by atoms with Gasteiger partial charge in [-0.3, -0.25) is 4.79 Å². The molecular formula is C13H27NO4. The summed E-state index contributed by atoms with van der Waals surface area (Å²) in [6.45, 7) is 5.87. The van der Waals surface area contributed by atoms with Gasteiger partial charge in [-0.05, 0) is 25.2 Å². The predicted molar refractivity (Wildman–Crippen MR) is 70.5 cm³/mol. The second-order valence-electron chi connectivity index (χ2n) is 5.10. The number of carbonyl (C=O) groups is 1. The first-order valence-electron chi connectivity index (χ1n) is 6.48. The summed E-state index contributed by atoms with van der Waals surface area (Å²) in [7, 11) is 1.62. The van der Waals surface area contributed by atoms with Crippen LogP contribution in [0.1, 0.15) is 33.1 Å². The van der Waals surface area contributed by atoms with Crippen molar-refractivity contribution < 1.29 is 19.4 Å². The molecule has 108 valence electrons. The Morgan fingerprint density at radius 1 is 1.33 bits per heavy atom. The van der Waals surface area contributed by atoms with Gasteiger partial charge in [0.1, 0.15) is 0 Å². The third kappa shape index (κ3) is 6.33. The van der Waals surface area contributed by atoms with Crippen LogP contribution in [0, 0.1) is 11.3 Å². The summed E-state index contributed by atoms with van der Waals surface area (Å²) < 4.78 is 10.2. The van der Waals surface area contributed by atoms with Crippen LogP contribution in [0.25, 0.3) is 0 Å². The monoisotopic (exact) mass is 261 g/mol. The van der Waals surface area contributed by atoms with E-state index in [0.29, 0.717) is 45.0 Å². The number of nitrogens with two attached hydrogens (primary N) is 1. The van der Waals surface area contributed by atoms with E-state index < -0.39 is 11.4 Å². The van der Waals surface area contributed by atoms with E-state index >= 15 is 0 Å². The molecule has 0 aromatic rings. The Morgan fingerprint density at radius 2 is 2.00 bits per heavy atom. The third-order valence-corrected chi connectivity index (χ3v) is 3.02. The minimum absolute atomic E-state index is 0.179. The summed E-state index contributed by atoms with van der Waals surface area (Å²) in [5.74, 6) is -0.477. The Bertz CT molecular complexity index is 233. The maximum atomic E-state index is 11.4. The van der Waals surface area contributed by atoms with Crippen molar-refractivity contribution in [2.24, 2.45) is 17.1 Å². The van der Waals surface area contributed by atoms with Crippen LogP contribution < -0.4 is 5.73 Å². The van der Waals surface area contributed by atoms with E-state index in [1.54, 1.807) is 7.11 Å². The second-order valence-corrected chi connectivity index (χ2v) is 5.10. The van der Waals surface area contributed by atoms with Gasteiger partial charge in [-0.25, -0.2) is 0 Å². The van der Waals surface area contributed by atoms with Gasteiger partial charge >= 0.3 is 5.97 Å². The maximum Gasteiger partial charge on any atom is 0.310 e. The highest BCUT2D eigenvalue weighted by atomic mass is 16.5. The molecule has 0 radical (unpaired) electrons. The van der Waals surface area contributed by atoms with Crippen molar-refractivity contribution >= 4 is 5.97 Å². The summed E-state index contributed by atoms with van der Waals surface area (Å²) in [5, 5.41) is 9.37. The summed E-state index contributed by atoms with van der Waals surface area (Å²) in [6.07, 6.45) is 1.88. The van der Waals surface area contributed by atoms with E-state index in [2.05, 4.69) is 0 Å². The first kappa shape index (κ1) is 17.4. The molecule has 0 fully saturated rings. The predicted octanol–water partition coefficient (Wildman–Crippen LogP) is 1.51. The molecule has 0 amide bonds. The third-order valence-electron chi connectivity index (χ3n) is 3.02. The van der Waals surface area contributed by atoms with E-state index in [9.17, 15) is 9.90 Å². The fraction of sp³-hybridized carbons (Fsp3) is 0.923. The van der Waals surface area contributed by atoms with Crippen LogP contribution >= 0.6 is 0 Å². The van der Waals surface area contributed by atoms with Crippen molar-refractivity contribution in [1.82, 2.24) is 0 Å². The molecular weight excluding hydrogens is 234 g/mol. The van der Waals surface area contributed by atoms with Crippen LogP contribution in [-0.2, 0) is 14.3 Å². The minimum Gasteiger partial charge on any atom is -0.481 e. The Morgan fingerprint density at radius 3 is 2.44 bits per heavy atom. The highest BCUT2D eigenvalue weighted by Crippen LogP contribution is 2.31. The lowest BCUT2D eigenvalue weighted by Crippen LogP contribution is -2.40. The smallest absolute Gasteiger partial charge is 0.310 e. The Hall–Kier alpha value is -0.650. The van der Waals surface area contributed by atoms with Gasteiger partial charge in [0, 0.05) is 20.3 Å². The van der Waals surface area contributed by atoms with Crippen LogP contribution in [-0.4, -0.2) is 44.6 Å². The highest BCUT2D eigenvalue weighted by molar-refractivity contribution is 5.74. The van der Waals surface area contributed by atoms with Gasteiger partial charge in [-0.15, -0.1) is 0 Å². The largest absolute Gasteiger partial charge is 0.481 e. The molecule has 0 spiro atoms. The Balaban J connectivity index is 4.12. The van der Waals surface area contributed by atoms with Gasteiger partial charge in [0.15, 0.2) is 0 Å². The average Bonchev–Trinajstić information content (AvgIpc) is 2.31. The fourth-order valence-corrected chi connectivity index (χ4v) is 2.11. The van der Waals surface area contributed by atoms with Gasteiger partial charge in [0.25, 0.3) is 0 Å². The van der Waals surface area contributed by atoms with Crippen LogP contribution in [0.4, 0.5) is 0 Å². The molecule has 18 heavy (non-hydrogen) atoms. The quantitative estimate of drug-likeness (QED) is 0.551. The lowest BCUT2D eigenvalue weighted by Gasteiger charge is -2.29. The number of methoxy groups -OCH3 is 1. The van der Waals surface area contributed by atoms with E-state index in [1.807, 2.05) is 13.8 Å². The minimum atomic E-state index is -0.807. The lowest BCUT2D eigenvalue weighted by atomic mass is 9.76. The molecule has 0 bridgehead atoms. The summed E-state index contributed by atoms with van der Waals surface area (Å²) in [4.78, 5) is 11.4.